The maximum absolute atomic E-state index is 13.1. The maximum Gasteiger partial charge on any atom is 0.124 e. The first-order chi connectivity index (χ1) is 7.19. The van der Waals surface area contributed by atoms with E-state index in [1.165, 1.54) is 6.07 Å². The van der Waals surface area contributed by atoms with Gasteiger partial charge in [0, 0.05) is 30.1 Å². The van der Waals surface area contributed by atoms with Crippen molar-refractivity contribution in [3.63, 3.8) is 0 Å². The lowest BCUT2D eigenvalue weighted by Gasteiger charge is -2.40. The third kappa shape index (κ3) is 2.56. The number of rotatable bonds is 3. The molecule has 1 aliphatic rings. The number of halogens is 2. The van der Waals surface area contributed by atoms with E-state index in [2.05, 4.69) is 20.8 Å². The first-order valence-corrected chi connectivity index (χ1v) is 5.87. The summed E-state index contributed by atoms with van der Waals surface area (Å²) in [5, 5.41) is 0. The molecule has 0 radical (unpaired) electrons. The first-order valence-electron chi connectivity index (χ1n) is 5.08. The van der Waals surface area contributed by atoms with E-state index in [0.717, 1.165) is 29.5 Å². The number of hydrogen-bond acceptors (Lipinski definition) is 2. The van der Waals surface area contributed by atoms with Crippen LogP contribution in [0.3, 0.4) is 0 Å². The molecule has 2 N–H and O–H groups in total. The zero-order valence-electron chi connectivity index (χ0n) is 8.42. The Bertz CT molecular complexity index is 334. The van der Waals surface area contributed by atoms with Crippen LogP contribution in [0, 0.1) is 5.82 Å². The molecule has 2 rings (SSSR count). The number of nitrogens with two attached hydrogens (primary N) is 1. The van der Waals surface area contributed by atoms with E-state index < -0.39 is 0 Å². The van der Waals surface area contributed by atoms with Crippen molar-refractivity contribution in [2.24, 2.45) is 5.73 Å². The van der Waals surface area contributed by atoms with Crippen molar-refractivity contribution >= 4 is 15.9 Å². The highest BCUT2D eigenvalue weighted by molar-refractivity contribution is 9.10. The largest absolute Gasteiger partial charge is 0.329 e. The lowest BCUT2D eigenvalue weighted by molar-refractivity contribution is 0.0881. The summed E-state index contributed by atoms with van der Waals surface area (Å²) in [6.45, 7) is 2.55. The van der Waals surface area contributed by atoms with E-state index in [1.807, 2.05) is 6.07 Å². The van der Waals surface area contributed by atoms with Crippen LogP contribution in [0.2, 0.25) is 0 Å². The number of likely N-dealkylation sites (tertiary alicyclic amines) is 1. The summed E-state index contributed by atoms with van der Waals surface area (Å²) in [6, 6.07) is 5.48. The highest BCUT2D eigenvalue weighted by Gasteiger charge is 2.26. The van der Waals surface area contributed by atoms with Gasteiger partial charge in [0.15, 0.2) is 0 Å². The van der Waals surface area contributed by atoms with Crippen LogP contribution in [-0.2, 0) is 6.54 Å². The van der Waals surface area contributed by atoms with Gasteiger partial charge in [-0.05, 0) is 30.2 Å². The average molecular weight is 273 g/mol. The second kappa shape index (κ2) is 4.60. The zero-order valence-corrected chi connectivity index (χ0v) is 10.0. The fourth-order valence-electron chi connectivity index (χ4n) is 1.91. The molecule has 82 valence electrons. The monoisotopic (exact) mass is 272 g/mol. The van der Waals surface area contributed by atoms with Crippen LogP contribution < -0.4 is 5.73 Å². The molecule has 1 saturated heterocycles. The van der Waals surface area contributed by atoms with Gasteiger partial charge in [0.1, 0.15) is 5.82 Å². The van der Waals surface area contributed by atoms with Crippen molar-refractivity contribution in [2.75, 3.05) is 13.1 Å². The molecule has 1 atom stereocenters. The highest BCUT2D eigenvalue weighted by Crippen LogP contribution is 2.22. The summed E-state index contributed by atoms with van der Waals surface area (Å²) < 4.78 is 13.9. The summed E-state index contributed by atoms with van der Waals surface area (Å²) in [5.74, 6) is -0.191. The van der Waals surface area contributed by atoms with Crippen molar-refractivity contribution in [3.05, 3.63) is 34.1 Å². The van der Waals surface area contributed by atoms with E-state index in [4.69, 9.17) is 5.73 Å². The lowest BCUT2D eigenvalue weighted by atomic mass is 10.0. The Morgan fingerprint density at radius 3 is 2.80 bits per heavy atom. The molecule has 1 unspecified atom stereocenters. The van der Waals surface area contributed by atoms with Gasteiger partial charge >= 0.3 is 0 Å². The zero-order chi connectivity index (χ0) is 10.8. The standard InChI is InChI=1S/C11H14BrFN2/c12-9-3-8(4-10(13)5-9)7-15-2-1-11(15)6-14/h3-5,11H,1-2,6-7,14H2. The average Bonchev–Trinajstić information content (AvgIpc) is 2.12. The van der Waals surface area contributed by atoms with Crippen molar-refractivity contribution in [2.45, 2.75) is 19.0 Å². The molecule has 4 heteroatoms. The van der Waals surface area contributed by atoms with Crippen LogP contribution in [0.4, 0.5) is 4.39 Å². The number of hydrogen-bond donors (Lipinski definition) is 1. The maximum atomic E-state index is 13.1. The molecule has 0 amide bonds. The smallest absolute Gasteiger partial charge is 0.124 e. The second-order valence-electron chi connectivity index (χ2n) is 3.93. The van der Waals surface area contributed by atoms with Crippen LogP contribution in [0.25, 0.3) is 0 Å². The van der Waals surface area contributed by atoms with E-state index in [-0.39, 0.29) is 5.82 Å². The van der Waals surface area contributed by atoms with Gasteiger partial charge in [-0.25, -0.2) is 4.39 Å². The fraction of sp³-hybridized carbons (Fsp3) is 0.455. The van der Waals surface area contributed by atoms with Crippen molar-refractivity contribution in [1.29, 1.82) is 0 Å². The van der Waals surface area contributed by atoms with Gasteiger partial charge in [0.2, 0.25) is 0 Å². The molecule has 0 spiro atoms. The van der Waals surface area contributed by atoms with Crippen LogP contribution in [0.5, 0.6) is 0 Å². The third-order valence-electron chi connectivity index (χ3n) is 2.85. The van der Waals surface area contributed by atoms with Crippen LogP contribution >= 0.6 is 15.9 Å². The van der Waals surface area contributed by atoms with E-state index in [1.54, 1.807) is 6.07 Å². The topological polar surface area (TPSA) is 29.3 Å². The predicted molar refractivity (Wildman–Crippen MR) is 62.0 cm³/mol. The molecular weight excluding hydrogens is 259 g/mol. The highest BCUT2D eigenvalue weighted by atomic mass is 79.9. The minimum absolute atomic E-state index is 0.191. The summed E-state index contributed by atoms with van der Waals surface area (Å²) in [5.41, 5.74) is 6.61. The van der Waals surface area contributed by atoms with Crippen LogP contribution in [0.1, 0.15) is 12.0 Å². The predicted octanol–water partition coefficient (Wildman–Crippen LogP) is 2.12. The van der Waals surface area contributed by atoms with Gasteiger partial charge in [0.25, 0.3) is 0 Å². The molecule has 1 aromatic rings. The van der Waals surface area contributed by atoms with Crippen molar-refractivity contribution in [3.8, 4) is 0 Å². The summed E-state index contributed by atoms with van der Waals surface area (Å²) >= 11 is 3.29. The molecule has 0 bridgehead atoms. The van der Waals surface area contributed by atoms with E-state index in [9.17, 15) is 4.39 Å². The number of benzene rings is 1. The van der Waals surface area contributed by atoms with Crippen molar-refractivity contribution in [1.82, 2.24) is 4.90 Å². The van der Waals surface area contributed by atoms with Gasteiger partial charge in [-0.3, -0.25) is 4.90 Å². The molecule has 0 saturated carbocycles. The van der Waals surface area contributed by atoms with Crippen LogP contribution in [0.15, 0.2) is 22.7 Å². The summed E-state index contributed by atoms with van der Waals surface area (Å²) in [4.78, 5) is 2.28. The Hall–Kier alpha value is -0.450. The van der Waals surface area contributed by atoms with E-state index >= 15 is 0 Å². The van der Waals surface area contributed by atoms with Gasteiger partial charge in [-0.1, -0.05) is 15.9 Å². The molecule has 1 heterocycles. The minimum Gasteiger partial charge on any atom is -0.329 e. The Morgan fingerprint density at radius 2 is 2.27 bits per heavy atom. The molecular formula is C11H14BrFN2. The molecule has 1 aliphatic heterocycles. The van der Waals surface area contributed by atoms with Crippen molar-refractivity contribution < 1.29 is 4.39 Å². The summed E-state index contributed by atoms with van der Waals surface area (Å²) in [7, 11) is 0. The Kier molecular flexibility index (Phi) is 3.38. The van der Waals surface area contributed by atoms with Crippen LogP contribution in [-0.4, -0.2) is 24.0 Å². The Labute approximate surface area is 97.4 Å². The normalized spacial score (nSPS) is 21.4. The minimum atomic E-state index is -0.191. The quantitative estimate of drug-likeness (QED) is 0.914. The SMILES string of the molecule is NCC1CCN1Cc1cc(F)cc(Br)c1. The molecule has 15 heavy (non-hydrogen) atoms. The Balaban J connectivity index is 2.04. The van der Waals surface area contributed by atoms with Gasteiger partial charge in [-0.2, -0.15) is 0 Å². The fourth-order valence-corrected chi connectivity index (χ4v) is 2.42. The Morgan fingerprint density at radius 1 is 1.47 bits per heavy atom. The second-order valence-corrected chi connectivity index (χ2v) is 4.84. The number of nitrogens with zero attached hydrogens (tertiary/aromatic N) is 1. The molecule has 2 nitrogen and oxygen atoms in total. The van der Waals surface area contributed by atoms with Gasteiger partial charge in [0.05, 0.1) is 0 Å². The van der Waals surface area contributed by atoms with Gasteiger partial charge in [-0.15, -0.1) is 0 Å². The lowest BCUT2D eigenvalue weighted by Crippen LogP contribution is -2.50. The molecule has 0 aliphatic carbocycles. The third-order valence-corrected chi connectivity index (χ3v) is 3.30. The molecule has 1 fully saturated rings. The summed E-state index contributed by atoms with van der Waals surface area (Å²) in [6.07, 6.45) is 1.16. The van der Waals surface area contributed by atoms with E-state index in [0.29, 0.717) is 12.6 Å². The first kappa shape index (κ1) is 11.0. The van der Waals surface area contributed by atoms with Gasteiger partial charge < -0.3 is 5.73 Å². The molecule has 0 aromatic heterocycles. The molecule has 1 aromatic carbocycles.